The van der Waals surface area contributed by atoms with Crippen molar-refractivity contribution in [3.63, 3.8) is 0 Å². The molecular formula is C13H18ClF4N. The van der Waals surface area contributed by atoms with Crippen LogP contribution in [-0.4, -0.2) is 0 Å². The molecule has 0 fully saturated rings. The molecular weight excluding hydrogens is 282 g/mol. The molecule has 0 saturated heterocycles. The zero-order valence-electron chi connectivity index (χ0n) is 10.8. The summed E-state index contributed by atoms with van der Waals surface area (Å²) in [6.45, 7) is 4.00. The van der Waals surface area contributed by atoms with Gasteiger partial charge in [-0.2, -0.15) is 13.2 Å². The van der Waals surface area contributed by atoms with E-state index in [1.165, 1.54) is 0 Å². The van der Waals surface area contributed by atoms with Crippen LogP contribution in [0.4, 0.5) is 17.6 Å². The molecule has 110 valence electrons. The summed E-state index contributed by atoms with van der Waals surface area (Å²) in [5, 5.41) is 0. The Labute approximate surface area is 116 Å². The van der Waals surface area contributed by atoms with Gasteiger partial charge in [-0.1, -0.05) is 13.8 Å². The van der Waals surface area contributed by atoms with Crippen LogP contribution in [0.2, 0.25) is 0 Å². The molecule has 0 heterocycles. The average Bonchev–Trinajstić information content (AvgIpc) is 2.23. The Morgan fingerprint density at radius 1 is 1.11 bits per heavy atom. The summed E-state index contributed by atoms with van der Waals surface area (Å²) in [5.74, 6) is -0.494. The fourth-order valence-corrected chi connectivity index (χ4v) is 1.67. The minimum Gasteiger partial charge on any atom is -0.324 e. The molecule has 0 unspecified atom stereocenters. The summed E-state index contributed by atoms with van der Waals surface area (Å²) in [5.41, 5.74) is 5.00. The van der Waals surface area contributed by atoms with Crippen molar-refractivity contribution in [2.75, 3.05) is 0 Å². The number of halogens is 5. The van der Waals surface area contributed by atoms with E-state index in [4.69, 9.17) is 5.73 Å². The molecule has 1 rings (SSSR count). The van der Waals surface area contributed by atoms with Crippen molar-refractivity contribution in [3.05, 3.63) is 35.1 Å². The number of hydrogen-bond donors (Lipinski definition) is 1. The molecule has 0 amide bonds. The van der Waals surface area contributed by atoms with E-state index in [2.05, 4.69) is 0 Å². The standard InChI is InChI=1S/C13H17F4N.ClH/c1-8(2)3-4-12(18)9-5-10(13(15,16)17)7-11(14)6-9;/h5-8,12H,3-4,18H2,1-2H3;1H/t12-;/m0./s1. The Balaban J connectivity index is 0.00000324. The van der Waals surface area contributed by atoms with Crippen molar-refractivity contribution in [1.82, 2.24) is 0 Å². The molecule has 0 bridgehead atoms. The molecule has 0 spiro atoms. The van der Waals surface area contributed by atoms with Crippen LogP contribution in [-0.2, 0) is 6.18 Å². The average molecular weight is 300 g/mol. The lowest BCUT2D eigenvalue weighted by Crippen LogP contribution is -2.14. The molecule has 1 aromatic carbocycles. The SMILES string of the molecule is CC(C)CC[C@H](N)c1cc(F)cc(C(F)(F)F)c1.Cl. The van der Waals surface area contributed by atoms with Crippen molar-refractivity contribution < 1.29 is 17.6 Å². The molecule has 1 nitrogen and oxygen atoms in total. The third-order valence-corrected chi connectivity index (χ3v) is 2.73. The van der Waals surface area contributed by atoms with Gasteiger partial charge in [0.05, 0.1) is 5.56 Å². The largest absolute Gasteiger partial charge is 0.416 e. The summed E-state index contributed by atoms with van der Waals surface area (Å²) in [7, 11) is 0. The zero-order valence-corrected chi connectivity index (χ0v) is 11.6. The number of benzene rings is 1. The van der Waals surface area contributed by atoms with Crippen LogP contribution in [0.1, 0.15) is 43.9 Å². The Bertz CT molecular complexity index is 404. The first kappa shape index (κ1) is 18.2. The van der Waals surface area contributed by atoms with Crippen LogP contribution in [0.5, 0.6) is 0 Å². The second-order valence-electron chi connectivity index (χ2n) is 4.85. The fourth-order valence-electron chi connectivity index (χ4n) is 1.67. The molecule has 0 aliphatic carbocycles. The zero-order chi connectivity index (χ0) is 13.9. The molecule has 1 atom stereocenters. The Hall–Kier alpha value is -0.810. The van der Waals surface area contributed by atoms with Gasteiger partial charge in [0.25, 0.3) is 0 Å². The second kappa shape index (κ2) is 7.10. The third-order valence-electron chi connectivity index (χ3n) is 2.73. The highest BCUT2D eigenvalue weighted by Crippen LogP contribution is 2.32. The van der Waals surface area contributed by atoms with E-state index in [0.717, 1.165) is 18.6 Å². The van der Waals surface area contributed by atoms with E-state index >= 15 is 0 Å². The fraction of sp³-hybridized carbons (Fsp3) is 0.538. The molecule has 1 aromatic rings. The van der Waals surface area contributed by atoms with Gasteiger partial charge in [-0.05, 0) is 42.5 Å². The summed E-state index contributed by atoms with van der Waals surface area (Å²) >= 11 is 0. The van der Waals surface area contributed by atoms with Crippen molar-refractivity contribution >= 4 is 12.4 Å². The van der Waals surface area contributed by atoms with Gasteiger partial charge < -0.3 is 5.73 Å². The number of alkyl halides is 3. The molecule has 19 heavy (non-hydrogen) atoms. The van der Waals surface area contributed by atoms with Crippen LogP contribution < -0.4 is 5.73 Å². The van der Waals surface area contributed by atoms with Gasteiger partial charge in [-0.15, -0.1) is 12.4 Å². The lowest BCUT2D eigenvalue weighted by atomic mass is 9.97. The van der Waals surface area contributed by atoms with Gasteiger partial charge in [0.1, 0.15) is 5.82 Å². The van der Waals surface area contributed by atoms with Crippen molar-refractivity contribution in [1.29, 1.82) is 0 Å². The van der Waals surface area contributed by atoms with E-state index in [9.17, 15) is 17.6 Å². The van der Waals surface area contributed by atoms with Gasteiger partial charge in [0, 0.05) is 6.04 Å². The summed E-state index contributed by atoms with van der Waals surface area (Å²) in [6.07, 6.45) is -3.22. The molecule has 2 N–H and O–H groups in total. The topological polar surface area (TPSA) is 26.0 Å². The van der Waals surface area contributed by atoms with E-state index < -0.39 is 23.6 Å². The van der Waals surface area contributed by atoms with Crippen molar-refractivity contribution in [2.24, 2.45) is 11.7 Å². The van der Waals surface area contributed by atoms with Crippen LogP contribution in [0, 0.1) is 11.7 Å². The predicted octanol–water partition coefficient (Wildman–Crippen LogP) is 4.70. The monoisotopic (exact) mass is 299 g/mol. The lowest BCUT2D eigenvalue weighted by molar-refractivity contribution is -0.137. The van der Waals surface area contributed by atoms with Crippen LogP contribution in [0.3, 0.4) is 0 Å². The summed E-state index contributed by atoms with van der Waals surface area (Å²) in [6, 6.07) is 1.91. The normalized spacial score (nSPS) is 13.3. The Morgan fingerprint density at radius 3 is 2.16 bits per heavy atom. The number of nitrogens with two attached hydrogens (primary N) is 1. The van der Waals surface area contributed by atoms with Crippen LogP contribution in [0.15, 0.2) is 18.2 Å². The van der Waals surface area contributed by atoms with Crippen LogP contribution in [0.25, 0.3) is 0 Å². The molecule has 0 aromatic heterocycles. The van der Waals surface area contributed by atoms with Crippen molar-refractivity contribution in [3.8, 4) is 0 Å². The number of hydrogen-bond acceptors (Lipinski definition) is 1. The highest BCUT2D eigenvalue weighted by Gasteiger charge is 2.31. The smallest absolute Gasteiger partial charge is 0.324 e. The predicted molar refractivity (Wildman–Crippen MR) is 69.7 cm³/mol. The highest BCUT2D eigenvalue weighted by atomic mass is 35.5. The van der Waals surface area contributed by atoms with Gasteiger partial charge >= 0.3 is 6.18 Å². The number of rotatable bonds is 4. The first-order valence-corrected chi connectivity index (χ1v) is 5.83. The Morgan fingerprint density at radius 2 is 1.68 bits per heavy atom. The molecule has 6 heteroatoms. The second-order valence-corrected chi connectivity index (χ2v) is 4.85. The molecule has 0 radical (unpaired) electrons. The maximum Gasteiger partial charge on any atom is 0.416 e. The minimum atomic E-state index is -4.55. The van der Waals surface area contributed by atoms with Crippen molar-refractivity contribution in [2.45, 2.75) is 38.9 Å². The first-order valence-electron chi connectivity index (χ1n) is 5.83. The quantitative estimate of drug-likeness (QED) is 0.801. The molecule has 0 aliphatic rings. The van der Waals surface area contributed by atoms with Gasteiger partial charge in [0.15, 0.2) is 0 Å². The molecule has 0 saturated carbocycles. The molecule has 0 aliphatic heterocycles. The van der Waals surface area contributed by atoms with E-state index in [-0.39, 0.29) is 18.0 Å². The Kier molecular flexibility index (Phi) is 6.80. The summed E-state index contributed by atoms with van der Waals surface area (Å²) in [4.78, 5) is 0. The third kappa shape index (κ3) is 5.78. The van der Waals surface area contributed by atoms with E-state index in [0.29, 0.717) is 18.4 Å². The van der Waals surface area contributed by atoms with Crippen LogP contribution >= 0.6 is 12.4 Å². The van der Waals surface area contributed by atoms with Gasteiger partial charge in [-0.3, -0.25) is 0 Å². The summed E-state index contributed by atoms with van der Waals surface area (Å²) < 4.78 is 50.7. The van der Waals surface area contributed by atoms with Gasteiger partial charge in [-0.25, -0.2) is 4.39 Å². The first-order chi connectivity index (χ1) is 8.20. The highest BCUT2D eigenvalue weighted by molar-refractivity contribution is 5.85. The lowest BCUT2D eigenvalue weighted by Gasteiger charge is -2.16. The maximum absolute atomic E-state index is 13.2. The van der Waals surface area contributed by atoms with Gasteiger partial charge in [0.2, 0.25) is 0 Å². The minimum absolute atomic E-state index is 0. The maximum atomic E-state index is 13.2. The van der Waals surface area contributed by atoms with E-state index in [1.807, 2.05) is 13.8 Å². The van der Waals surface area contributed by atoms with E-state index in [1.54, 1.807) is 0 Å².